The van der Waals surface area contributed by atoms with Gasteiger partial charge in [-0.15, -0.1) is 11.3 Å². The molecule has 0 spiro atoms. The third-order valence-corrected chi connectivity index (χ3v) is 3.37. The van der Waals surface area contributed by atoms with E-state index in [2.05, 4.69) is 10.3 Å². The Labute approximate surface area is 116 Å². The zero-order valence-electron chi connectivity index (χ0n) is 11.0. The van der Waals surface area contributed by atoms with Gasteiger partial charge < -0.3 is 10.1 Å². The van der Waals surface area contributed by atoms with Crippen molar-refractivity contribution in [3.63, 3.8) is 0 Å². The van der Waals surface area contributed by atoms with Gasteiger partial charge in [-0.2, -0.15) is 0 Å². The van der Waals surface area contributed by atoms with E-state index in [0.717, 1.165) is 23.4 Å². The molecule has 1 aromatic heterocycles. The predicted molar refractivity (Wildman–Crippen MR) is 77.6 cm³/mol. The number of hydrogen-bond donors (Lipinski definition) is 1. The quantitative estimate of drug-likeness (QED) is 0.908. The first kappa shape index (κ1) is 13.5. The van der Waals surface area contributed by atoms with Crippen LogP contribution in [0.5, 0.6) is 5.75 Å². The van der Waals surface area contributed by atoms with E-state index in [-0.39, 0.29) is 5.91 Å². The number of anilines is 1. The number of ether oxygens (including phenoxy) is 1. The van der Waals surface area contributed by atoms with Crippen LogP contribution in [-0.2, 0) is 4.79 Å². The lowest BCUT2D eigenvalue weighted by molar-refractivity contribution is -0.116. The average Bonchev–Trinajstić information content (AvgIpc) is 2.87. The zero-order chi connectivity index (χ0) is 13.7. The van der Waals surface area contributed by atoms with Crippen molar-refractivity contribution in [2.45, 2.75) is 19.8 Å². The van der Waals surface area contributed by atoms with Gasteiger partial charge in [-0.25, -0.2) is 4.98 Å². The molecule has 0 aliphatic carbocycles. The molecule has 2 aromatic rings. The lowest BCUT2D eigenvalue weighted by Gasteiger charge is -2.05. The average molecular weight is 276 g/mol. The molecule has 0 aliphatic heterocycles. The Balaban J connectivity index is 2.19. The van der Waals surface area contributed by atoms with Crippen molar-refractivity contribution in [3.05, 3.63) is 29.6 Å². The fraction of sp³-hybridized carbons (Fsp3) is 0.286. The molecule has 0 radical (unpaired) electrons. The van der Waals surface area contributed by atoms with Crippen molar-refractivity contribution in [3.8, 4) is 17.0 Å². The van der Waals surface area contributed by atoms with Crippen LogP contribution in [0.4, 0.5) is 5.13 Å². The number of aromatic nitrogens is 1. The number of hydrogen-bond acceptors (Lipinski definition) is 4. The van der Waals surface area contributed by atoms with Gasteiger partial charge in [0.25, 0.3) is 0 Å². The number of para-hydroxylation sites is 1. The van der Waals surface area contributed by atoms with Crippen LogP contribution in [0.2, 0.25) is 0 Å². The van der Waals surface area contributed by atoms with Gasteiger partial charge in [0.05, 0.1) is 12.8 Å². The summed E-state index contributed by atoms with van der Waals surface area (Å²) in [6.45, 7) is 1.97. The van der Waals surface area contributed by atoms with Crippen molar-refractivity contribution in [1.29, 1.82) is 0 Å². The lowest BCUT2D eigenvalue weighted by atomic mass is 10.1. The van der Waals surface area contributed by atoms with Crippen LogP contribution < -0.4 is 10.1 Å². The normalized spacial score (nSPS) is 10.2. The maximum atomic E-state index is 11.5. The molecule has 0 bridgehead atoms. The number of methoxy groups -OCH3 is 1. The van der Waals surface area contributed by atoms with Gasteiger partial charge in [-0.3, -0.25) is 4.79 Å². The van der Waals surface area contributed by atoms with Gasteiger partial charge in [-0.05, 0) is 18.6 Å². The van der Waals surface area contributed by atoms with Crippen LogP contribution >= 0.6 is 11.3 Å². The number of amides is 1. The van der Waals surface area contributed by atoms with Gasteiger partial charge in [0.2, 0.25) is 5.91 Å². The summed E-state index contributed by atoms with van der Waals surface area (Å²) >= 11 is 1.42. The van der Waals surface area contributed by atoms with Crippen LogP contribution in [0.25, 0.3) is 11.3 Å². The second-order valence-corrected chi connectivity index (χ2v) is 4.89. The second-order valence-electron chi connectivity index (χ2n) is 4.04. The maximum absolute atomic E-state index is 11.5. The first-order valence-electron chi connectivity index (χ1n) is 6.13. The molecule has 2 rings (SSSR count). The monoisotopic (exact) mass is 276 g/mol. The van der Waals surface area contributed by atoms with Crippen LogP contribution in [0.15, 0.2) is 29.6 Å². The summed E-state index contributed by atoms with van der Waals surface area (Å²) in [5.74, 6) is 0.780. The highest BCUT2D eigenvalue weighted by Crippen LogP contribution is 2.31. The maximum Gasteiger partial charge on any atom is 0.226 e. The predicted octanol–water partition coefficient (Wildman–Crippen LogP) is 3.56. The van der Waals surface area contributed by atoms with Gasteiger partial charge in [0, 0.05) is 17.4 Å². The molecule has 1 N–H and O–H groups in total. The third-order valence-electron chi connectivity index (χ3n) is 2.61. The molecule has 1 aromatic carbocycles. The summed E-state index contributed by atoms with van der Waals surface area (Å²) in [4.78, 5) is 15.9. The largest absolute Gasteiger partial charge is 0.496 e. The summed E-state index contributed by atoms with van der Waals surface area (Å²) in [6.07, 6.45) is 1.35. The Hall–Kier alpha value is -1.88. The van der Waals surface area contributed by atoms with Crippen molar-refractivity contribution >= 4 is 22.4 Å². The van der Waals surface area contributed by atoms with Crippen molar-refractivity contribution in [2.24, 2.45) is 0 Å². The zero-order valence-corrected chi connectivity index (χ0v) is 11.8. The highest BCUT2D eigenvalue weighted by atomic mass is 32.1. The Bertz CT molecular complexity index is 566. The van der Waals surface area contributed by atoms with Crippen LogP contribution in [0.3, 0.4) is 0 Å². The summed E-state index contributed by atoms with van der Waals surface area (Å²) in [5.41, 5.74) is 1.74. The van der Waals surface area contributed by atoms with E-state index in [0.29, 0.717) is 11.6 Å². The molecular formula is C14H16N2O2S. The minimum absolute atomic E-state index is 0.00317. The molecule has 100 valence electrons. The van der Waals surface area contributed by atoms with Crippen molar-refractivity contribution in [2.75, 3.05) is 12.4 Å². The van der Waals surface area contributed by atoms with E-state index in [1.54, 1.807) is 7.11 Å². The third kappa shape index (κ3) is 3.32. The van der Waals surface area contributed by atoms with Crippen LogP contribution in [0.1, 0.15) is 19.8 Å². The van der Waals surface area contributed by atoms with Gasteiger partial charge >= 0.3 is 0 Å². The Kier molecular flexibility index (Phi) is 4.52. The number of carbonyl (C=O) groups is 1. The molecule has 19 heavy (non-hydrogen) atoms. The number of benzene rings is 1. The number of nitrogens with one attached hydrogen (secondary N) is 1. The summed E-state index contributed by atoms with van der Waals surface area (Å²) in [6, 6.07) is 7.70. The summed E-state index contributed by atoms with van der Waals surface area (Å²) in [7, 11) is 1.63. The first-order chi connectivity index (χ1) is 9.24. The number of rotatable bonds is 5. The molecule has 1 amide bonds. The van der Waals surface area contributed by atoms with Crippen molar-refractivity contribution in [1.82, 2.24) is 4.98 Å². The second kappa shape index (κ2) is 6.33. The minimum Gasteiger partial charge on any atom is -0.496 e. The van der Waals surface area contributed by atoms with E-state index in [9.17, 15) is 4.79 Å². The fourth-order valence-electron chi connectivity index (χ4n) is 1.72. The molecule has 1 heterocycles. The molecular weight excluding hydrogens is 260 g/mol. The standard InChI is InChI=1S/C14H16N2O2S/c1-3-6-13(17)16-14-15-11(9-19-14)10-7-4-5-8-12(10)18-2/h4-5,7-9H,3,6H2,1-2H3,(H,15,16,17). The van der Waals surface area contributed by atoms with Gasteiger partial charge in [-0.1, -0.05) is 19.1 Å². The Morgan fingerprint density at radius 3 is 2.95 bits per heavy atom. The Morgan fingerprint density at radius 2 is 2.21 bits per heavy atom. The lowest BCUT2D eigenvalue weighted by Crippen LogP contribution is -2.10. The number of carbonyl (C=O) groups excluding carboxylic acids is 1. The molecule has 4 nitrogen and oxygen atoms in total. The summed E-state index contributed by atoms with van der Waals surface area (Å²) < 4.78 is 5.31. The van der Waals surface area contributed by atoms with E-state index in [4.69, 9.17) is 4.74 Å². The number of thiazole rings is 1. The molecule has 0 fully saturated rings. The molecule has 0 aliphatic rings. The number of nitrogens with zero attached hydrogens (tertiary/aromatic N) is 1. The van der Waals surface area contributed by atoms with Crippen molar-refractivity contribution < 1.29 is 9.53 Å². The molecule has 0 saturated heterocycles. The van der Waals surface area contributed by atoms with E-state index < -0.39 is 0 Å². The first-order valence-corrected chi connectivity index (χ1v) is 7.01. The minimum atomic E-state index is 0.00317. The van der Waals surface area contributed by atoms with Crippen LogP contribution in [-0.4, -0.2) is 18.0 Å². The SMILES string of the molecule is CCCC(=O)Nc1nc(-c2ccccc2OC)cs1. The van der Waals surface area contributed by atoms with Gasteiger partial charge in [0.1, 0.15) is 5.75 Å². The summed E-state index contributed by atoms with van der Waals surface area (Å²) in [5, 5.41) is 5.34. The highest BCUT2D eigenvalue weighted by Gasteiger charge is 2.10. The van der Waals surface area contributed by atoms with Crippen LogP contribution in [0, 0.1) is 0 Å². The van der Waals surface area contributed by atoms with E-state index in [1.165, 1.54) is 11.3 Å². The van der Waals surface area contributed by atoms with Gasteiger partial charge in [0.15, 0.2) is 5.13 Å². The molecule has 0 unspecified atom stereocenters. The Morgan fingerprint density at radius 1 is 1.42 bits per heavy atom. The topological polar surface area (TPSA) is 51.2 Å². The molecule has 0 saturated carbocycles. The fourth-order valence-corrected chi connectivity index (χ4v) is 2.45. The van der Waals surface area contributed by atoms with E-state index in [1.807, 2.05) is 36.6 Å². The highest BCUT2D eigenvalue weighted by molar-refractivity contribution is 7.14. The smallest absolute Gasteiger partial charge is 0.226 e. The molecule has 5 heteroatoms. The van der Waals surface area contributed by atoms with E-state index >= 15 is 0 Å². The molecule has 0 atom stereocenters.